The van der Waals surface area contributed by atoms with E-state index >= 15 is 0 Å². The molecule has 0 aromatic rings. The molecular weight excluding hydrogens is 227 g/mol. The van der Waals surface area contributed by atoms with Gasteiger partial charge in [-0.1, -0.05) is 0 Å². The molecule has 0 bridgehead atoms. The fraction of sp³-hybridized carbons (Fsp3) is 1.00. The van der Waals surface area contributed by atoms with E-state index in [1.807, 2.05) is 0 Å². The van der Waals surface area contributed by atoms with E-state index in [0.717, 1.165) is 0 Å². The minimum atomic E-state index is -3.83. The summed E-state index contributed by atoms with van der Waals surface area (Å²) in [4.78, 5) is 0. The standard InChI is InChI=1S/CH3O6S2.K.H2O/c1-9(4,5)7-6-8(2)3;;/h1H3;;1H2/q-1;+1;/p+1. The number of hydrogen-bond donors (Lipinski definition) is 0. The van der Waals surface area contributed by atoms with Crippen LogP contribution in [0.4, 0.5) is 0 Å². The molecule has 0 unspecified atom stereocenters. The van der Waals surface area contributed by atoms with Gasteiger partial charge in [0.1, 0.15) is 0 Å². The molecule has 0 aromatic carbocycles. The number of rotatable bonds is 3. The van der Waals surface area contributed by atoms with Crippen molar-refractivity contribution >= 4 is 21.1 Å². The molecule has 0 spiro atoms. The van der Waals surface area contributed by atoms with Gasteiger partial charge in [-0.3, -0.25) is 4.33 Å². The first-order chi connectivity index (χ1) is 3.92. The van der Waals surface area contributed by atoms with Gasteiger partial charge in [-0.2, -0.15) is 8.42 Å². The first-order valence-electron chi connectivity index (χ1n) is 1.57. The molecule has 3 N–H and O–H groups in total. The minimum absolute atomic E-state index is 0. The van der Waals surface area contributed by atoms with Crippen LogP contribution in [0.1, 0.15) is 0 Å². The molecule has 0 radical (unpaired) electrons. The molecule has 64 valence electrons. The Labute approximate surface area is 108 Å². The van der Waals surface area contributed by atoms with E-state index in [1.54, 1.807) is 0 Å². The zero-order chi connectivity index (χ0) is 7.49. The third kappa shape index (κ3) is 18.4. The molecule has 0 aliphatic heterocycles. The van der Waals surface area contributed by atoms with Crippen LogP contribution in [-0.2, 0) is 43.7 Å². The Morgan fingerprint density at radius 3 is 1.73 bits per heavy atom. The van der Waals surface area contributed by atoms with Gasteiger partial charge in [0, 0.05) is 0 Å². The Morgan fingerprint density at radius 1 is 1.27 bits per heavy atom. The summed E-state index contributed by atoms with van der Waals surface area (Å²) in [5.41, 5.74) is 0. The first kappa shape index (κ1) is 18.3. The van der Waals surface area contributed by atoms with Gasteiger partial charge in [0.05, 0.1) is 17.2 Å². The molecule has 0 fully saturated rings. The summed E-state index contributed by atoms with van der Waals surface area (Å²) in [6.45, 7) is 0. The monoisotopic (exact) mass is 233 g/mol. The summed E-state index contributed by atoms with van der Waals surface area (Å²) in [6.07, 6.45) is 0.653. The molecular formula is CH6KO7S2+. The Bertz CT molecular complexity index is 229. The van der Waals surface area contributed by atoms with Crippen LogP contribution in [0.5, 0.6) is 0 Å². The Hall–Kier alpha value is 1.42. The third-order valence-electron chi connectivity index (χ3n) is 0.207. The molecule has 0 heterocycles. The van der Waals surface area contributed by atoms with Gasteiger partial charge in [0.25, 0.3) is 10.1 Å². The maximum Gasteiger partial charge on any atom is 1.00 e. The second kappa shape index (κ2) is 8.03. The van der Waals surface area contributed by atoms with Crippen molar-refractivity contribution in [2.75, 3.05) is 6.26 Å². The van der Waals surface area contributed by atoms with Crippen molar-refractivity contribution in [2.45, 2.75) is 0 Å². The Kier molecular flexibility index (Phi) is 13.3. The molecule has 0 rings (SSSR count). The second-order valence-corrected chi connectivity index (χ2v) is 3.13. The topological polar surface area (TPSA) is 120 Å². The fourth-order valence-corrected chi connectivity index (χ4v) is 0.658. The predicted molar refractivity (Wildman–Crippen MR) is 30.6 cm³/mol. The van der Waals surface area contributed by atoms with Crippen LogP contribution in [0.3, 0.4) is 0 Å². The summed E-state index contributed by atoms with van der Waals surface area (Å²) in [6, 6.07) is 0. The van der Waals surface area contributed by atoms with Crippen LogP contribution in [-0.4, -0.2) is 14.7 Å². The van der Waals surface area contributed by atoms with E-state index in [9.17, 15) is 16.8 Å². The normalized spacial score (nSPS) is 10.0. The molecule has 0 saturated carbocycles. The van der Waals surface area contributed by atoms with Crippen molar-refractivity contribution in [3.63, 3.8) is 0 Å². The molecule has 0 amide bonds. The quantitative estimate of drug-likeness (QED) is 0.159. The first-order valence-corrected chi connectivity index (χ1v) is 4.39. The third-order valence-corrected chi connectivity index (χ3v) is 0.787. The molecule has 0 aliphatic carbocycles. The van der Waals surface area contributed by atoms with Gasteiger partial charge in [-0.15, -0.1) is 4.33 Å². The SMILES string of the molecule is CS(=O)(=O)OO[S-](=O)=O.[K+].[OH3+]. The van der Waals surface area contributed by atoms with Crippen LogP contribution in [0.25, 0.3) is 0 Å². The zero-order valence-electron chi connectivity index (χ0n) is 5.84. The fourth-order valence-electron chi connectivity index (χ4n) is 0.0731. The Balaban J connectivity index is -0.000000320. The summed E-state index contributed by atoms with van der Waals surface area (Å²) < 4.78 is 45.3. The van der Waals surface area contributed by atoms with Crippen molar-refractivity contribution in [3.05, 3.63) is 0 Å². The van der Waals surface area contributed by atoms with Crippen molar-refractivity contribution in [1.82, 2.24) is 0 Å². The van der Waals surface area contributed by atoms with E-state index in [4.69, 9.17) is 0 Å². The molecule has 0 aromatic heterocycles. The van der Waals surface area contributed by atoms with Crippen molar-refractivity contribution in [3.8, 4) is 0 Å². The average Bonchev–Trinajstić information content (AvgIpc) is 1.59. The van der Waals surface area contributed by atoms with Crippen LogP contribution in [0.15, 0.2) is 0 Å². The van der Waals surface area contributed by atoms with Gasteiger partial charge >= 0.3 is 51.4 Å². The zero-order valence-corrected chi connectivity index (χ0v) is 10.6. The van der Waals surface area contributed by atoms with E-state index in [0.29, 0.717) is 6.26 Å². The van der Waals surface area contributed by atoms with Crippen molar-refractivity contribution in [1.29, 1.82) is 0 Å². The van der Waals surface area contributed by atoms with Crippen LogP contribution < -0.4 is 51.4 Å². The maximum absolute atomic E-state index is 9.92. The predicted octanol–water partition coefficient (Wildman–Crippen LogP) is -4.80. The average molecular weight is 233 g/mol. The molecule has 0 atom stereocenters. The van der Waals surface area contributed by atoms with Crippen molar-refractivity contribution < 1.29 is 82.4 Å². The summed E-state index contributed by atoms with van der Waals surface area (Å²) >= 11 is 0. The molecule has 11 heavy (non-hydrogen) atoms. The number of hydrogen-bond acceptors (Lipinski definition) is 7. The molecule has 0 aliphatic rings. The maximum atomic E-state index is 9.92. The Morgan fingerprint density at radius 2 is 1.64 bits per heavy atom. The van der Waals surface area contributed by atoms with Crippen LogP contribution >= 0.6 is 0 Å². The molecule has 7 nitrogen and oxygen atoms in total. The summed E-state index contributed by atoms with van der Waals surface area (Å²) in [5.74, 6) is 0. The summed E-state index contributed by atoms with van der Waals surface area (Å²) in [5, 5.41) is 0. The van der Waals surface area contributed by atoms with Gasteiger partial charge in [-0.25, -0.2) is 0 Å². The van der Waals surface area contributed by atoms with E-state index in [-0.39, 0.29) is 56.9 Å². The van der Waals surface area contributed by atoms with E-state index in [1.165, 1.54) is 0 Å². The van der Waals surface area contributed by atoms with E-state index < -0.39 is 21.1 Å². The largest absolute Gasteiger partial charge is 1.00 e. The van der Waals surface area contributed by atoms with Gasteiger partial charge in [0.2, 0.25) is 0 Å². The minimum Gasteiger partial charge on any atom is -0.457 e. The van der Waals surface area contributed by atoms with Gasteiger partial charge in [0.15, 0.2) is 0 Å². The van der Waals surface area contributed by atoms with Gasteiger partial charge < -0.3 is 13.9 Å². The second-order valence-electron chi connectivity index (χ2n) is 1.04. The smallest absolute Gasteiger partial charge is 0.457 e. The van der Waals surface area contributed by atoms with Crippen LogP contribution in [0, 0.1) is 0 Å². The molecule has 0 saturated heterocycles. The summed E-state index contributed by atoms with van der Waals surface area (Å²) in [7, 11) is -6.80. The van der Waals surface area contributed by atoms with Crippen molar-refractivity contribution in [2.24, 2.45) is 0 Å². The van der Waals surface area contributed by atoms with Crippen LogP contribution in [0.2, 0.25) is 0 Å². The molecule has 10 heteroatoms. The van der Waals surface area contributed by atoms with Gasteiger partial charge in [-0.05, 0) is 0 Å². The van der Waals surface area contributed by atoms with E-state index in [2.05, 4.69) is 8.67 Å².